The van der Waals surface area contributed by atoms with E-state index in [2.05, 4.69) is 0 Å². The van der Waals surface area contributed by atoms with Crippen molar-refractivity contribution < 1.29 is 4.92 Å². The van der Waals surface area contributed by atoms with E-state index in [1.807, 2.05) is 71.2 Å². The predicted molar refractivity (Wildman–Crippen MR) is 81.1 cm³/mol. The summed E-state index contributed by atoms with van der Waals surface area (Å²) in [5.41, 5.74) is 2.13. The average Bonchev–Trinajstić information content (AvgIpc) is 2.39. The SMILES string of the molecule is O=[N+]([O-])C1(I)C=CC(C=Cc2ccccc2)=CC1. The second-order valence-electron chi connectivity index (χ2n) is 4.06. The Morgan fingerprint density at radius 2 is 2.00 bits per heavy atom. The molecule has 0 saturated carbocycles. The van der Waals surface area contributed by atoms with Crippen molar-refractivity contribution in [2.24, 2.45) is 0 Å². The van der Waals surface area contributed by atoms with Gasteiger partial charge in [0.1, 0.15) is 0 Å². The molecule has 0 heterocycles. The first kappa shape index (κ1) is 13.0. The number of hydrogen-bond donors (Lipinski definition) is 0. The minimum Gasteiger partial charge on any atom is -0.263 e. The molecule has 1 aliphatic carbocycles. The highest BCUT2D eigenvalue weighted by atomic mass is 127. The third-order valence-corrected chi connectivity index (χ3v) is 3.92. The fourth-order valence-electron chi connectivity index (χ4n) is 1.64. The van der Waals surface area contributed by atoms with E-state index in [4.69, 9.17) is 0 Å². The summed E-state index contributed by atoms with van der Waals surface area (Å²) in [4.78, 5) is 10.6. The summed E-state index contributed by atoms with van der Waals surface area (Å²) in [7, 11) is 0. The van der Waals surface area contributed by atoms with Crippen molar-refractivity contribution in [1.82, 2.24) is 0 Å². The van der Waals surface area contributed by atoms with E-state index >= 15 is 0 Å². The Balaban J connectivity index is 2.07. The summed E-state index contributed by atoms with van der Waals surface area (Å²) >= 11 is 1.88. The van der Waals surface area contributed by atoms with Crippen LogP contribution < -0.4 is 0 Å². The van der Waals surface area contributed by atoms with Crippen LogP contribution in [0.1, 0.15) is 12.0 Å². The van der Waals surface area contributed by atoms with E-state index < -0.39 is 3.55 Å². The molecule has 0 aromatic heterocycles. The van der Waals surface area contributed by atoms with E-state index in [1.165, 1.54) is 0 Å². The zero-order chi connectivity index (χ0) is 13.0. The molecule has 0 bridgehead atoms. The first-order valence-electron chi connectivity index (χ1n) is 5.56. The lowest BCUT2D eigenvalue weighted by atomic mass is 10.0. The molecule has 1 aromatic rings. The number of benzene rings is 1. The lowest BCUT2D eigenvalue weighted by molar-refractivity contribution is -0.516. The number of nitro groups is 1. The molecule has 0 N–H and O–H groups in total. The van der Waals surface area contributed by atoms with Gasteiger partial charge in [0.15, 0.2) is 0 Å². The number of allylic oxidation sites excluding steroid dienone is 3. The first-order valence-corrected chi connectivity index (χ1v) is 6.64. The zero-order valence-electron chi connectivity index (χ0n) is 9.62. The van der Waals surface area contributed by atoms with Gasteiger partial charge in [-0.25, -0.2) is 0 Å². The monoisotopic (exact) mass is 353 g/mol. The predicted octanol–water partition coefficient (Wildman–Crippen LogP) is 3.99. The van der Waals surface area contributed by atoms with E-state index in [9.17, 15) is 10.1 Å². The van der Waals surface area contributed by atoms with E-state index in [-0.39, 0.29) is 4.92 Å². The topological polar surface area (TPSA) is 43.1 Å². The number of hydrogen-bond acceptors (Lipinski definition) is 2. The molecular weight excluding hydrogens is 341 g/mol. The van der Waals surface area contributed by atoms with Crippen molar-refractivity contribution >= 4 is 28.7 Å². The van der Waals surface area contributed by atoms with Gasteiger partial charge in [0, 0.05) is 33.6 Å². The van der Waals surface area contributed by atoms with Gasteiger partial charge < -0.3 is 0 Å². The minimum atomic E-state index is -0.984. The highest BCUT2D eigenvalue weighted by Gasteiger charge is 2.36. The molecule has 0 amide bonds. The Morgan fingerprint density at radius 1 is 1.28 bits per heavy atom. The maximum atomic E-state index is 10.9. The van der Waals surface area contributed by atoms with Crippen LogP contribution in [0.3, 0.4) is 0 Å². The number of rotatable bonds is 3. The van der Waals surface area contributed by atoms with Crippen molar-refractivity contribution in [1.29, 1.82) is 0 Å². The third-order valence-electron chi connectivity index (χ3n) is 2.73. The second kappa shape index (κ2) is 5.48. The molecule has 2 rings (SSSR count). The quantitative estimate of drug-likeness (QED) is 0.271. The zero-order valence-corrected chi connectivity index (χ0v) is 11.8. The van der Waals surface area contributed by atoms with Crippen molar-refractivity contribution in [3.63, 3.8) is 0 Å². The van der Waals surface area contributed by atoms with Crippen molar-refractivity contribution in [3.05, 3.63) is 75.9 Å². The van der Waals surface area contributed by atoms with Crippen LogP contribution in [0, 0.1) is 10.1 Å². The highest BCUT2D eigenvalue weighted by Crippen LogP contribution is 2.31. The van der Waals surface area contributed by atoms with Gasteiger partial charge >= 0.3 is 0 Å². The number of halogens is 1. The van der Waals surface area contributed by atoms with E-state index in [0.717, 1.165) is 11.1 Å². The lowest BCUT2D eigenvalue weighted by Crippen LogP contribution is -2.29. The maximum absolute atomic E-state index is 10.9. The minimum absolute atomic E-state index is 0.252. The molecule has 1 atom stereocenters. The molecule has 3 nitrogen and oxygen atoms in total. The van der Waals surface area contributed by atoms with Gasteiger partial charge in [0.05, 0.1) is 6.42 Å². The van der Waals surface area contributed by atoms with Crippen LogP contribution in [-0.4, -0.2) is 8.47 Å². The van der Waals surface area contributed by atoms with Crippen LogP contribution in [0.15, 0.2) is 60.2 Å². The maximum Gasteiger partial charge on any atom is 0.291 e. The highest BCUT2D eigenvalue weighted by molar-refractivity contribution is 14.1. The first-order chi connectivity index (χ1) is 8.60. The molecule has 0 fully saturated rings. The van der Waals surface area contributed by atoms with Crippen LogP contribution in [0.4, 0.5) is 0 Å². The van der Waals surface area contributed by atoms with Gasteiger partial charge in [-0.3, -0.25) is 10.1 Å². The standard InChI is InChI=1S/C14H12INO2/c15-14(16(17)18)10-8-13(9-11-14)7-6-12-4-2-1-3-5-12/h1-10H,11H2. The van der Waals surface area contributed by atoms with Crippen molar-refractivity contribution in [2.45, 2.75) is 9.97 Å². The Bertz CT molecular complexity index is 534. The summed E-state index contributed by atoms with van der Waals surface area (Å²) in [6, 6.07) is 9.96. The molecule has 0 saturated heterocycles. The van der Waals surface area contributed by atoms with Crippen LogP contribution in [0.2, 0.25) is 0 Å². The third kappa shape index (κ3) is 3.07. The molecule has 18 heavy (non-hydrogen) atoms. The normalized spacial score (nSPS) is 23.1. The molecular formula is C14H12INO2. The summed E-state index contributed by atoms with van der Waals surface area (Å²) in [5.74, 6) is 0. The average molecular weight is 353 g/mol. The molecule has 4 heteroatoms. The lowest BCUT2D eigenvalue weighted by Gasteiger charge is -2.16. The molecule has 0 aliphatic heterocycles. The summed E-state index contributed by atoms with van der Waals surface area (Å²) in [5, 5.41) is 10.9. The number of nitrogens with zero attached hydrogens (tertiary/aromatic N) is 1. The van der Waals surface area contributed by atoms with Gasteiger partial charge in [0.2, 0.25) is 0 Å². The second-order valence-corrected chi connectivity index (χ2v) is 5.93. The van der Waals surface area contributed by atoms with Gasteiger partial charge in [-0.2, -0.15) is 0 Å². The Hall–Kier alpha value is -1.43. The van der Waals surface area contributed by atoms with E-state index in [0.29, 0.717) is 6.42 Å². The van der Waals surface area contributed by atoms with Crippen molar-refractivity contribution in [3.8, 4) is 0 Å². The fraction of sp³-hybridized carbons (Fsp3) is 0.143. The Kier molecular flexibility index (Phi) is 3.96. The molecule has 1 aliphatic rings. The van der Waals surface area contributed by atoms with Gasteiger partial charge in [0.25, 0.3) is 3.55 Å². The summed E-state index contributed by atoms with van der Waals surface area (Å²) in [6.07, 6.45) is 9.75. The molecule has 0 spiro atoms. The molecule has 1 unspecified atom stereocenters. The van der Waals surface area contributed by atoms with Crippen LogP contribution in [-0.2, 0) is 0 Å². The Morgan fingerprint density at radius 3 is 2.56 bits per heavy atom. The van der Waals surface area contributed by atoms with Gasteiger partial charge in [-0.05, 0) is 11.1 Å². The van der Waals surface area contributed by atoms with Crippen molar-refractivity contribution in [2.75, 3.05) is 0 Å². The molecule has 1 aromatic carbocycles. The Labute approximate surface area is 119 Å². The van der Waals surface area contributed by atoms with E-state index in [1.54, 1.807) is 12.2 Å². The van der Waals surface area contributed by atoms with Gasteiger partial charge in [-0.15, -0.1) is 0 Å². The van der Waals surface area contributed by atoms with Crippen LogP contribution in [0.5, 0.6) is 0 Å². The fourth-order valence-corrected chi connectivity index (χ4v) is 2.04. The van der Waals surface area contributed by atoms with Crippen LogP contribution >= 0.6 is 22.6 Å². The summed E-state index contributed by atoms with van der Waals surface area (Å²) in [6.45, 7) is 0. The molecule has 92 valence electrons. The molecule has 0 radical (unpaired) electrons. The number of alkyl halides is 1. The van der Waals surface area contributed by atoms with Crippen LogP contribution in [0.25, 0.3) is 6.08 Å². The largest absolute Gasteiger partial charge is 0.291 e. The smallest absolute Gasteiger partial charge is 0.263 e. The summed E-state index contributed by atoms with van der Waals surface area (Å²) < 4.78 is -0.984. The van der Waals surface area contributed by atoms with Gasteiger partial charge in [-0.1, -0.05) is 54.6 Å².